The fraction of sp³-hybridized carbons (Fsp3) is 0.211. The van der Waals surface area contributed by atoms with E-state index in [0.29, 0.717) is 0 Å². The zero-order valence-electron chi connectivity index (χ0n) is 15.7. The van der Waals surface area contributed by atoms with Gasteiger partial charge >= 0.3 is 17.6 Å². The van der Waals surface area contributed by atoms with Gasteiger partial charge in [-0.15, -0.1) is 0 Å². The number of carbonyl (C=O) groups is 3. The molecule has 0 aliphatic carbocycles. The first-order chi connectivity index (χ1) is 13.9. The van der Waals surface area contributed by atoms with E-state index in [1.54, 1.807) is 19.1 Å². The van der Waals surface area contributed by atoms with Gasteiger partial charge < -0.3 is 19.5 Å². The van der Waals surface area contributed by atoms with Gasteiger partial charge in [-0.1, -0.05) is 12.1 Å². The molecule has 2 aromatic carbocycles. The van der Waals surface area contributed by atoms with Crippen molar-refractivity contribution in [3.05, 3.63) is 63.7 Å². The molecule has 2 rings (SSSR count). The maximum Gasteiger partial charge on any atom is 0.340 e. The van der Waals surface area contributed by atoms with Gasteiger partial charge in [-0.25, -0.2) is 9.59 Å². The molecule has 10 nitrogen and oxygen atoms in total. The number of hydrogen-bond donors (Lipinski definition) is 1. The van der Waals surface area contributed by atoms with Crippen LogP contribution in [0.4, 0.5) is 11.4 Å². The van der Waals surface area contributed by atoms with Crippen molar-refractivity contribution in [3.63, 3.8) is 0 Å². The second-order valence-electron chi connectivity index (χ2n) is 5.53. The molecule has 0 saturated heterocycles. The number of nitro groups is 1. The van der Waals surface area contributed by atoms with Crippen molar-refractivity contribution in [1.29, 1.82) is 0 Å². The Morgan fingerprint density at radius 3 is 2.48 bits per heavy atom. The van der Waals surface area contributed by atoms with E-state index in [2.05, 4.69) is 10.1 Å². The Hall–Kier alpha value is -3.95. The van der Waals surface area contributed by atoms with Crippen LogP contribution in [0.3, 0.4) is 0 Å². The van der Waals surface area contributed by atoms with Gasteiger partial charge in [0, 0.05) is 6.07 Å². The second-order valence-corrected chi connectivity index (χ2v) is 5.53. The van der Waals surface area contributed by atoms with Gasteiger partial charge in [0.2, 0.25) is 0 Å². The lowest BCUT2D eigenvalue weighted by atomic mass is 10.2. The van der Waals surface area contributed by atoms with Crippen molar-refractivity contribution in [2.24, 2.45) is 0 Å². The third-order valence-corrected chi connectivity index (χ3v) is 3.63. The molecular weight excluding hydrogens is 384 g/mol. The summed E-state index contributed by atoms with van der Waals surface area (Å²) >= 11 is 0. The summed E-state index contributed by atoms with van der Waals surface area (Å²) in [6.45, 7) is 1.27. The Bertz CT molecular complexity index is 942. The summed E-state index contributed by atoms with van der Waals surface area (Å²) in [5.41, 5.74) is -0.141. The highest BCUT2D eigenvalue weighted by Crippen LogP contribution is 2.28. The number of para-hydroxylation sites is 1. The predicted molar refractivity (Wildman–Crippen MR) is 101 cm³/mol. The number of anilines is 1. The molecular formula is C19H18N2O8. The molecule has 152 valence electrons. The normalized spacial score (nSPS) is 10.0. The molecule has 0 unspecified atom stereocenters. The summed E-state index contributed by atoms with van der Waals surface area (Å²) < 4.78 is 14.7. The summed E-state index contributed by atoms with van der Waals surface area (Å²) in [7, 11) is 1.15. The first kappa shape index (κ1) is 21.4. The maximum absolute atomic E-state index is 12.2. The number of nitrogens with zero attached hydrogens (tertiary/aromatic N) is 1. The second kappa shape index (κ2) is 9.83. The Labute approximate surface area is 165 Å². The molecule has 0 saturated carbocycles. The number of nitro benzene ring substituents is 1. The van der Waals surface area contributed by atoms with Crippen LogP contribution >= 0.6 is 0 Å². The van der Waals surface area contributed by atoms with Gasteiger partial charge in [-0.2, -0.15) is 0 Å². The number of methoxy groups -OCH3 is 1. The average Bonchev–Trinajstić information content (AvgIpc) is 2.72. The van der Waals surface area contributed by atoms with Gasteiger partial charge in [-0.3, -0.25) is 14.9 Å². The zero-order chi connectivity index (χ0) is 21.4. The molecule has 0 aliphatic heterocycles. The highest BCUT2D eigenvalue weighted by Gasteiger charge is 2.20. The third-order valence-electron chi connectivity index (χ3n) is 3.63. The van der Waals surface area contributed by atoms with E-state index in [4.69, 9.17) is 9.47 Å². The van der Waals surface area contributed by atoms with Crippen molar-refractivity contribution in [1.82, 2.24) is 0 Å². The van der Waals surface area contributed by atoms with E-state index in [9.17, 15) is 24.5 Å². The highest BCUT2D eigenvalue weighted by atomic mass is 16.6. The van der Waals surface area contributed by atoms with E-state index in [-0.39, 0.29) is 29.2 Å². The molecule has 1 amide bonds. The monoisotopic (exact) mass is 402 g/mol. The summed E-state index contributed by atoms with van der Waals surface area (Å²) in [4.78, 5) is 46.1. The predicted octanol–water partition coefficient (Wildman–Crippen LogP) is 2.58. The summed E-state index contributed by atoms with van der Waals surface area (Å²) in [6.07, 6.45) is 0. The number of ether oxygens (including phenoxy) is 3. The lowest BCUT2D eigenvalue weighted by Gasteiger charge is -2.11. The SMILES string of the molecule is CCOC(=O)c1ccccc1NC(=O)COc1ccc(C(=O)OC)cc1[N+](=O)[O-]. The molecule has 0 atom stereocenters. The molecule has 0 radical (unpaired) electrons. The maximum atomic E-state index is 12.2. The van der Waals surface area contributed by atoms with Crippen LogP contribution in [0.2, 0.25) is 0 Å². The number of rotatable bonds is 8. The fourth-order valence-electron chi connectivity index (χ4n) is 2.34. The van der Waals surface area contributed by atoms with Crippen molar-refractivity contribution < 1.29 is 33.5 Å². The average molecular weight is 402 g/mol. The fourth-order valence-corrected chi connectivity index (χ4v) is 2.34. The van der Waals surface area contributed by atoms with E-state index in [0.717, 1.165) is 13.2 Å². The number of nitrogens with one attached hydrogen (secondary N) is 1. The number of esters is 2. The van der Waals surface area contributed by atoms with E-state index < -0.39 is 35.1 Å². The minimum Gasteiger partial charge on any atom is -0.477 e. The largest absolute Gasteiger partial charge is 0.477 e. The van der Waals surface area contributed by atoms with Crippen LogP contribution in [-0.4, -0.2) is 43.1 Å². The lowest BCUT2D eigenvalue weighted by molar-refractivity contribution is -0.385. The van der Waals surface area contributed by atoms with E-state index in [1.807, 2.05) is 0 Å². The summed E-state index contributed by atoms with van der Waals surface area (Å²) in [6, 6.07) is 9.71. The van der Waals surface area contributed by atoms with Gasteiger partial charge in [-0.05, 0) is 31.2 Å². The van der Waals surface area contributed by atoms with Crippen LogP contribution in [-0.2, 0) is 14.3 Å². The van der Waals surface area contributed by atoms with Gasteiger partial charge in [0.05, 0.1) is 35.5 Å². The van der Waals surface area contributed by atoms with Crippen LogP contribution < -0.4 is 10.1 Å². The Morgan fingerprint density at radius 2 is 1.83 bits per heavy atom. The van der Waals surface area contributed by atoms with Gasteiger partial charge in [0.25, 0.3) is 5.91 Å². The Morgan fingerprint density at radius 1 is 1.10 bits per heavy atom. The first-order valence-electron chi connectivity index (χ1n) is 8.43. The smallest absolute Gasteiger partial charge is 0.340 e. The summed E-state index contributed by atoms with van der Waals surface area (Å²) in [5.74, 6) is -2.18. The van der Waals surface area contributed by atoms with Crippen LogP contribution in [0, 0.1) is 10.1 Å². The van der Waals surface area contributed by atoms with Crippen LogP contribution in [0.25, 0.3) is 0 Å². The van der Waals surface area contributed by atoms with Crippen molar-refractivity contribution in [3.8, 4) is 5.75 Å². The van der Waals surface area contributed by atoms with Crippen molar-refractivity contribution in [2.75, 3.05) is 25.6 Å². The van der Waals surface area contributed by atoms with Crippen molar-refractivity contribution >= 4 is 29.2 Å². The Balaban J connectivity index is 2.11. The van der Waals surface area contributed by atoms with Crippen LogP contribution in [0.1, 0.15) is 27.6 Å². The van der Waals surface area contributed by atoms with Crippen molar-refractivity contribution in [2.45, 2.75) is 6.92 Å². The minimum atomic E-state index is -0.743. The quantitative estimate of drug-likeness (QED) is 0.404. The van der Waals surface area contributed by atoms with Gasteiger partial charge in [0.1, 0.15) is 0 Å². The molecule has 29 heavy (non-hydrogen) atoms. The van der Waals surface area contributed by atoms with Crippen LogP contribution in [0.15, 0.2) is 42.5 Å². The van der Waals surface area contributed by atoms with Gasteiger partial charge in [0.15, 0.2) is 12.4 Å². The molecule has 0 bridgehead atoms. The number of hydrogen-bond acceptors (Lipinski definition) is 8. The highest BCUT2D eigenvalue weighted by molar-refractivity contribution is 6.01. The zero-order valence-corrected chi connectivity index (χ0v) is 15.7. The van der Waals surface area contributed by atoms with E-state index >= 15 is 0 Å². The minimum absolute atomic E-state index is 0.0284. The molecule has 1 N–H and O–H groups in total. The number of carbonyl (C=O) groups excluding carboxylic acids is 3. The topological polar surface area (TPSA) is 134 Å². The molecule has 0 aliphatic rings. The standard InChI is InChI=1S/C19H18N2O8/c1-3-28-19(24)13-6-4-5-7-14(13)20-17(22)11-29-16-9-8-12(18(23)27-2)10-15(16)21(25)26/h4-10H,3,11H2,1-2H3,(H,20,22). The summed E-state index contributed by atoms with van der Waals surface area (Å²) in [5, 5.41) is 13.7. The molecule has 10 heteroatoms. The van der Waals surface area contributed by atoms with Crippen LogP contribution in [0.5, 0.6) is 5.75 Å². The third kappa shape index (κ3) is 5.51. The molecule has 0 spiro atoms. The molecule has 0 aromatic heterocycles. The number of amides is 1. The molecule has 2 aromatic rings. The Kier molecular flexibility index (Phi) is 7.24. The molecule has 0 fully saturated rings. The lowest BCUT2D eigenvalue weighted by Crippen LogP contribution is -2.22. The van der Waals surface area contributed by atoms with E-state index in [1.165, 1.54) is 24.3 Å². The molecule has 0 heterocycles. The first-order valence-corrected chi connectivity index (χ1v) is 8.43. The number of benzene rings is 2.